The van der Waals surface area contributed by atoms with Gasteiger partial charge < -0.3 is 11.1 Å². The fourth-order valence-electron chi connectivity index (χ4n) is 1.92. The normalized spacial score (nSPS) is 12.4. The third-order valence-corrected chi connectivity index (χ3v) is 3.15. The Morgan fingerprint density at radius 2 is 2.25 bits per heavy atom. The molecule has 2 aromatic heterocycles. The number of rotatable bonds is 5. The summed E-state index contributed by atoms with van der Waals surface area (Å²) in [5.41, 5.74) is 6.29. The molecular formula is C14H19N5O. The van der Waals surface area contributed by atoms with E-state index in [4.69, 9.17) is 5.73 Å². The molecule has 0 fully saturated rings. The van der Waals surface area contributed by atoms with Gasteiger partial charge in [0.25, 0.3) is 0 Å². The van der Waals surface area contributed by atoms with Crippen LogP contribution in [0.1, 0.15) is 13.8 Å². The SMILES string of the molecule is CC(C)C(CN)C(=O)Nc1ccc(-n2cccn2)nc1. The first-order valence-corrected chi connectivity index (χ1v) is 6.59. The number of carbonyl (C=O) groups is 1. The van der Waals surface area contributed by atoms with E-state index in [1.807, 2.05) is 26.1 Å². The molecule has 1 atom stereocenters. The number of nitrogens with zero attached hydrogens (tertiary/aromatic N) is 3. The van der Waals surface area contributed by atoms with Crippen molar-refractivity contribution in [1.82, 2.24) is 14.8 Å². The molecule has 1 unspecified atom stereocenters. The lowest BCUT2D eigenvalue weighted by Gasteiger charge is -2.18. The first-order chi connectivity index (χ1) is 9.61. The molecule has 0 saturated carbocycles. The second kappa shape index (κ2) is 6.29. The molecule has 0 aliphatic heterocycles. The van der Waals surface area contributed by atoms with Crippen molar-refractivity contribution in [3.05, 3.63) is 36.8 Å². The number of amides is 1. The molecule has 0 saturated heterocycles. The summed E-state index contributed by atoms with van der Waals surface area (Å²) in [4.78, 5) is 16.3. The number of hydrogen-bond donors (Lipinski definition) is 2. The number of nitrogens with two attached hydrogens (primary N) is 1. The average Bonchev–Trinajstić information content (AvgIpc) is 2.94. The predicted molar refractivity (Wildman–Crippen MR) is 77.4 cm³/mol. The van der Waals surface area contributed by atoms with Crippen molar-refractivity contribution >= 4 is 11.6 Å². The number of anilines is 1. The molecule has 2 rings (SSSR count). The van der Waals surface area contributed by atoms with Crippen LogP contribution in [0.2, 0.25) is 0 Å². The van der Waals surface area contributed by atoms with Crippen LogP contribution >= 0.6 is 0 Å². The Kier molecular flexibility index (Phi) is 4.47. The molecule has 1 amide bonds. The van der Waals surface area contributed by atoms with E-state index in [1.54, 1.807) is 29.2 Å². The molecule has 106 valence electrons. The van der Waals surface area contributed by atoms with Crippen LogP contribution in [-0.4, -0.2) is 27.2 Å². The van der Waals surface area contributed by atoms with Crippen LogP contribution in [0, 0.1) is 11.8 Å². The molecule has 6 nitrogen and oxygen atoms in total. The van der Waals surface area contributed by atoms with Gasteiger partial charge in [0.2, 0.25) is 5.91 Å². The zero-order chi connectivity index (χ0) is 14.5. The molecule has 0 bridgehead atoms. The second-order valence-electron chi connectivity index (χ2n) is 4.93. The Bertz CT molecular complexity index is 547. The predicted octanol–water partition coefficient (Wildman–Crippen LogP) is 1.44. The number of hydrogen-bond acceptors (Lipinski definition) is 4. The van der Waals surface area contributed by atoms with Crippen LogP contribution in [0.15, 0.2) is 36.8 Å². The molecule has 0 spiro atoms. The minimum atomic E-state index is -0.194. The third-order valence-electron chi connectivity index (χ3n) is 3.15. The topological polar surface area (TPSA) is 85.8 Å². The average molecular weight is 273 g/mol. The highest BCUT2D eigenvalue weighted by Gasteiger charge is 2.20. The Balaban J connectivity index is 2.06. The Morgan fingerprint density at radius 3 is 2.75 bits per heavy atom. The Morgan fingerprint density at radius 1 is 1.45 bits per heavy atom. The van der Waals surface area contributed by atoms with Crippen molar-refractivity contribution in [2.24, 2.45) is 17.6 Å². The summed E-state index contributed by atoms with van der Waals surface area (Å²) in [5, 5.41) is 6.93. The van der Waals surface area contributed by atoms with E-state index in [9.17, 15) is 4.79 Å². The molecule has 3 N–H and O–H groups in total. The number of carbonyl (C=O) groups excluding carboxylic acids is 1. The minimum absolute atomic E-state index is 0.0730. The fourth-order valence-corrected chi connectivity index (χ4v) is 1.92. The summed E-state index contributed by atoms with van der Waals surface area (Å²) < 4.78 is 1.66. The van der Waals surface area contributed by atoms with Crippen LogP contribution in [0.4, 0.5) is 5.69 Å². The molecule has 0 aliphatic carbocycles. The van der Waals surface area contributed by atoms with E-state index in [0.717, 1.165) is 0 Å². The van der Waals surface area contributed by atoms with Crippen LogP contribution in [-0.2, 0) is 4.79 Å². The maximum absolute atomic E-state index is 12.1. The Hall–Kier alpha value is -2.21. The quantitative estimate of drug-likeness (QED) is 0.863. The standard InChI is InChI=1S/C14H19N5O/c1-10(2)12(8-15)14(20)18-11-4-5-13(16-9-11)19-7-3-6-17-19/h3-7,9-10,12H,8,15H2,1-2H3,(H,18,20). The van der Waals surface area contributed by atoms with E-state index in [2.05, 4.69) is 15.4 Å². The summed E-state index contributed by atoms with van der Waals surface area (Å²) >= 11 is 0. The van der Waals surface area contributed by atoms with Gasteiger partial charge in [-0.2, -0.15) is 5.10 Å². The van der Waals surface area contributed by atoms with Crippen LogP contribution in [0.3, 0.4) is 0 Å². The van der Waals surface area contributed by atoms with Crippen molar-refractivity contribution in [1.29, 1.82) is 0 Å². The van der Waals surface area contributed by atoms with Gasteiger partial charge in [0, 0.05) is 18.9 Å². The zero-order valence-corrected chi connectivity index (χ0v) is 11.7. The lowest BCUT2D eigenvalue weighted by molar-refractivity contribution is -0.120. The highest BCUT2D eigenvalue weighted by atomic mass is 16.1. The lowest BCUT2D eigenvalue weighted by Crippen LogP contribution is -2.33. The maximum Gasteiger partial charge on any atom is 0.229 e. The molecule has 0 radical (unpaired) electrons. The largest absolute Gasteiger partial charge is 0.330 e. The summed E-state index contributed by atoms with van der Waals surface area (Å²) in [6.07, 6.45) is 5.11. The first-order valence-electron chi connectivity index (χ1n) is 6.59. The number of nitrogens with one attached hydrogen (secondary N) is 1. The molecule has 2 aromatic rings. The first kappa shape index (κ1) is 14.2. The van der Waals surface area contributed by atoms with Crippen LogP contribution in [0.5, 0.6) is 0 Å². The molecule has 0 aliphatic rings. The summed E-state index contributed by atoms with van der Waals surface area (Å²) in [5.74, 6) is 0.639. The number of aromatic nitrogens is 3. The molecular weight excluding hydrogens is 254 g/mol. The summed E-state index contributed by atoms with van der Waals surface area (Å²) in [6, 6.07) is 5.43. The highest BCUT2D eigenvalue weighted by Crippen LogP contribution is 2.14. The minimum Gasteiger partial charge on any atom is -0.330 e. The summed E-state index contributed by atoms with van der Waals surface area (Å²) in [6.45, 7) is 4.30. The van der Waals surface area contributed by atoms with Gasteiger partial charge in [-0.15, -0.1) is 0 Å². The van der Waals surface area contributed by atoms with E-state index >= 15 is 0 Å². The zero-order valence-electron chi connectivity index (χ0n) is 11.7. The molecule has 0 aromatic carbocycles. The van der Waals surface area contributed by atoms with E-state index in [1.165, 1.54) is 0 Å². The van der Waals surface area contributed by atoms with E-state index in [-0.39, 0.29) is 17.7 Å². The van der Waals surface area contributed by atoms with Crippen molar-refractivity contribution in [2.75, 3.05) is 11.9 Å². The third kappa shape index (κ3) is 3.21. The van der Waals surface area contributed by atoms with Gasteiger partial charge in [0.15, 0.2) is 5.82 Å². The second-order valence-corrected chi connectivity index (χ2v) is 4.93. The van der Waals surface area contributed by atoms with Gasteiger partial charge in [-0.1, -0.05) is 13.8 Å². The van der Waals surface area contributed by atoms with Gasteiger partial charge in [-0.3, -0.25) is 4.79 Å². The van der Waals surface area contributed by atoms with Gasteiger partial charge in [0.05, 0.1) is 17.8 Å². The smallest absolute Gasteiger partial charge is 0.229 e. The van der Waals surface area contributed by atoms with Crippen molar-refractivity contribution in [2.45, 2.75) is 13.8 Å². The fraction of sp³-hybridized carbons (Fsp3) is 0.357. The van der Waals surface area contributed by atoms with Crippen molar-refractivity contribution < 1.29 is 4.79 Å². The number of pyridine rings is 1. The van der Waals surface area contributed by atoms with Crippen molar-refractivity contribution in [3.8, 4) is 5.82 Å². The monoisotopic (exact) mass is 273 g/mol. The van der Waals surface area contributed by atoms with Gasteiger partial charge in [0.1, 0.15) is 0 Å². The van der Waals surface area contributed by atoms with Gasteiger partial charge >= 0.3 is 0 Å². The van der Waals surface area contributed by atoms with E-state index < -0.39 is 0 Å². The Labute approximate surface area is 118 Å². The maximum atomic E-state index is 12.1. The van der Waals surface area contributed by atoms with Crippen molar-refractivity contribution in [3.63, 3.8) is 0 Å². The van der Waals surface area contributed by atoms with Gasteiger partial charge in [-0.25, -0.2) is 9.67 Å². The van der Waals surface area contributed by atoms with Crippen LogP contribution < -0.4 is 11.1 Å². The lowest BCUT2D eigenvalue weighted by atomic mass is 9.95. The van der Waals surface area contributed by atoms with E-state index in [0.29, 0.717) is 18.1 Å². The summed E-state index contributed by atoms with van der Waals surface area (Å²) in [7, 11) is 0. The molecule has 6 heteroatoms. The van der Waals surface area contributed by atoms with Gasteiger partial charge in [-0.05, 0) is 24.1 Å². The molecule has 2 heterocycles. The highest BCUT2D eigenvalue weighted by molar-refractivity contribution is 5.92. The molecule has 20 heavy (non-hydrogen) atoms. The van der Waals surface area contributed by atoms with Crippen LogP contribution in [0.25, 0.3) is 5.82 Å².